The van der Waals surface area contributed by atoms with Crippen molar-refractivity contribution >= 4 is 32.6 Å². The van der Waals surface area contributed by atoms with Crippen LogP contribution in [0, 0.1) is 6.92 Å². The Bertz CT molecular complexity index is 550. The van der Waals surface area contributed by atoms with Crippen molar-refractivity contribution in [2.45, 2.75) is 20.3 Å². The molecule has 0 bridgehead atoms. The van der Waals surface area contributed by atoms with Crippen molar-refractivity contribution in [3.63, 3.8) is 0 Å². The molecule has 4 nitrogen and oxygen atoms in total. The van der Waals surface area contributed by atoms with Gasteiger partial charge in [-0.15, -0.1) is 0 Å². The molecule has 1 amide bonds. The number of benzene rings is 1. The molecule has 1 heterocycles. The molecular formula is C13H17N3OS. The van der Waals surface area contributed by atoms with Crippen molar-refractivity contribution < 1.29 is 4.79 Å². The zero-order chi connectivity index (χ0) is 13.0. The van der Waals surface area contributed by atoms with Gasteiger partial charge in [0.25, 0.3) is 0 Å². The summed E-state index contributed by atoms with van der Waals surface area (Å²) < 4.78 is 1.14. The number of amides is 1. The lowest BCUT2D eigenvalue weighted by molar-refractivity contribution is -0.119. The van der Waals surface area contributed by atoms with E-state index in [-0.39, 0.29) is 12.5 Å². The fourth-order valence-corrected chi connectivity index (χ4v) is 2.55. The van der Waals surface area contributed by atoms with Crippen LogP contribution >= 0.6 is 11.3 Å². The number of aryl methyl sites for hydroxylation is 1. The minimum atomic E-state index is 0.00675. The zero-order valence-corrected chi connectivity index (χ0v) is 11.4. The number of nitrogens with one attached hydrogen (secondary N) is 2. The Labute approximate surface area is 110 Å². The van der Waals surface area contributed by atoms with Gasteiger partial charge in [0, 0.05) is 6.54 Å². The second kappa shape index (κ2) is 5.82. The molecule has 0 aliphatic carbocycles. The number of carbonyl (C=O) groups excluding carboxylic acids is 1. The number of carbonyl (C=O) groups is 1. The van der Waals surface area contributed by atoms with Crippen LogP contribution in [0.3, 0.4) is 0 Å². The zero-order valence-electron chi connectivity index (χ0n) is 10.6. The Hall–Kier alpha value is -1.62. The van der Waals surface area contributed by atoms with Crippen LogP contribution in [0.2, 0.25) is 0 Å². The highest BCUT2D eigenvalue weighted by Gasteiger charge is 2.05. The quantitative estimate of drug-likeness (QED) is 0.871. The fourth-order valence-electron chi connectivity index (χ4n) is 1.59. The smallest absolute Gasteiger partial charge is 0.239 e. The van der Waals surface area contributed by atoms with Crippen LogP contribution < -0.4 is 10.6 Å². The largest absolute Gasteiger partial charge is 0.355 e. The van der Waals surface area contributed by atoms with Crippen molar-refractivity contribution in [3.05, 3.63) is 23.8 Å². The molecule has 0 unspecified atom stereocenters. The summed E-state index contributed by atoms with van der Waals surface area (Å²) in [5, 5.41) is 6.67. The van der Waals surface area contributed by atoms with Gasteiger partial charge >= 0.3 is 0 Å². The molecule has 0 radical (unpaired) electrons. The third-order valence-corrected chi connectivity index (χ3v) is 3.49. The summed E-state index contributed by atoms with van der Waals surface area (Å²) in [6.45, 7) is 5.09. The van der Waals surface area contributed by atoms with E-state index in [1.165, 1.54) is 5.56 Å². The maximum atomic E-state index is 11.4. The molecule has 0 aliphatic heterocycles. The third-order valence-electron chi connectivity index (χ3n) is 2.52. The summed E-state index contributed by atoms with van der Waals surface area (Å²) in [7, 11) is 0. The highest BCUT2D eigenvalue weighted by atomic mass is 32.1. The van der Waals surface area contributed by atoms with E-state index in [2.05, 4.69) is 28.6 Å². The number of fused-ring (bicyclic) bond motifs is 1. The lowest BCUT2D eigenvalue weighted by atomic mass is 10.2. The minimum absolute atomic E-state index is 0.00675. The standard InChI is InChI=1S/C13H17N3OS/c1-3-6-14-12(17)8-15-13-16-10-5-4-9(2)7-11(10)18-13/h4-5,7H,3,6,8H2,1-2H3,(H,14,17)(H,15,16). The monoisotopic (exact) mass is 263 g/mol. The lowest BCUT2D eigenvalue weighted by Crippen LogP contribution is -2.30. The van der Waals surface area contributed by atoms with Gasteiger partial charge in [-0.1, -0.05) is 24.3 Å². The minimum Gasteiger partial charge on any atom is -0.355 e. The first-order valence-electron chi connectivity index (χ1n) is 6.07. The molecule has 2 aromatic rings. The van der Waals surface area contributed by atoms with Gasteiger partial charge in [-0.25, -0.2) is 4.98 Å². The Morgan fingerprint density at radius 3 is 3.06 bits per heavy atom. The van der Waals surface area contributed by atoms with Crippen LogP contribution in [-0.2, 0) is 4.79 Å². The van der Waals surface area contributed by atoms with Gasteiger partial charge in [-0.05, 0) is 31.0 Å². The van der Waals surface area contributed by atoms with Gasteiger partial charge in [0.1, 0.15) is 0 Å². The number of anilines is 1. The van der Waals surface area contributed by atoms with Gasteiger partial charge in [0.05, 0.1) is 16.8 Å². The van der Waals surface area contributed by atoms with Crippen molar-refractivity contribution in [1.82, 2.24) is 10.3 Å². The van der Waals surface area contributed by atoms with Crippen molar-refractivity contribution in [1.29, 1.82) is 0 Å². The molecule has 2 N–H and O–H groups in total. The van der Waals surface area contributed by atoms with Gasteiger partial charge in [0.15, 0.2) is 5.13 Å². The van der Waals surface area contributed by atoms with E-state index in [0.717, 1.165) is 28.3 Å². The molecule has 0 spiro atoms. The SMILES string of the molecule is CCCNC(=O)CNc1nc2ccc(C)cc2s1. The predicted octanol–water partition coefficient (Wildman–Crippen LogP) is 2.54. The average molecular weight is 263 g/mol. The highest BCUT2D eigenvalue weighted by Crippen LogP contribution is 2.26. The third kappa shape index (κ3) is 3.20. The van der Waals surface area contributed by atoms with Crippen molar-refractivity contribution in [2.75, 3.05) is 18.4 Å². The molecule has 0 atom stereocenters. The van der Waals surface area contributed by atoms with Gasteiger partial charge in [-0.2, -0.15) is 0 Å². The summed E-state index contributed by atoms with van der Waals surface area (Å²) >= 11 is 1.58. The Kier molecular flexibility index (Phi) is 4.15. The first-order valence-corrected chi connectivity index (χ1v) is 6.88. The lowest BCUT2D eigenvalue weighted by Gasteiger charge is -2.03. The summed E-state index contributed by atoms with van der Waals surface area (Å²) in [6, 6.07) is 6.15. The molecule has 0 saturated heterocycles. The number of hydrogen-bond donors (Lipinski definition) is 2. The summed E-state index contributed by atoms with van der Waals surface area (Å²) in [4.78, 5) is 15.9. The van der Waals surface area contributed by atoms with Crippen LogP contribution in [0.1, 0.15) is 18.9 Å². The van der Waals surface area contributed by atoms with Gasteiger partial charge < -0.3 is 10.6 Å². The molecule has 96 valence electrons. The maximum absolute atomic E-state index is 11.4. The molecule has 18 heavy (non-hydrogen) atoms. The molecule has 1 aromatic heterocycles. The molecule has 1 aromatic carbocycles. The van der Waals surface area contributed by atoms with E-state index in [4.69, 9.17) is 0 Å². The number of hydrogen-bond acceptors (Lipinski definition) is 4. The van der Waals surface area contributed by atoms with Crippen LogP contribution in [0.25, 0.3) is 10.2 Å². The van der Waals surface area contributed by atoms with Crippen LogP contribution in [0.15, 0.2) is 18.2 Å². The van der Waals surface area contributed by atoms with Crippen molar-refractivity contribution in [3.8, 4) is 0 Å². The van der Waals surface area contributed by atoms with Crippen LogP contribution in [0.4, 0.5) is 5.13 Å². The van der Waals surface area contributed by atoms with Crippen molar-refractivity contribution in [2.24, 2.45) is 0 Å². The predicted molar refractivity (Wildman–Crippen MR) is 76.1 cm³/mol. The second-order valence-corrected chi connectivity index (χ2v) is 5.22. The second-order valence-electron chi connectivity index (χ2n) is 4.19. The molecular weight excluding hydrogens is 246 g/mol. The van der Waals surface area contributed by atoms with Gasteiger partial charge in [-0.3, -0.25) is 4.79 Å². The topological polar surface area (TPSA) is 54.0 Å². The van der Waals surface area contributed by atoms with Gasteiger partial charge in [0.2, 0.25) is 5.91 Å². The number of thiazole rings is 1. The molecule has 0 fully saturated rings. The Morgan fingerprint density at radius 1 is 1.44 bits per heavy atom. The first-order chi connectivity index (χ1) is 8.69. The van der Waals surface area contributed by atoms with E-state index in [1.54, 1.807) is 11.3 Å². The normalized spacial score (nSPS) is 10.6. The first kappa shape index (κ1) is 12.8. The average Bonchev–Trinajstić information content (AvgIpc) is 2.75. The van der Waals surface area contributed by atoms with E-state index >= 15 is 0 Å². The highest BCUT2D eigenvalue weighted by molar-refractivity contribution is 7.22. The summed E-state index contributed by atoms with van der Waals surface area (Å²) in [5.74, 6) is 0.00675. The number of nitrogens with zero attached hydrogens (tertiary/aromatic N) is 1. The Morgan fingerprint density at radius 2 is 2.28 bits per heavy atom. The molecule has 2 rings (SSSR count). The molecule has 5 heteroatoms. The van der Waals surface area contributed by atoms with E-state index in [0.29, 0.717) is 0 Å². The molecule has 0 saturated carbocycles. The van der Waals surface area contributed by atoms with E-state index in [1.807, 2.05) is 19.1 Å². The van der Waals surface area contributed by atoms with E-state index < -0.39 is 0 Å². The van der Waals surface area contributed by atoms with Crippen LogP contribution in [-0.4, -0.2) is 24.0 Å². The maximum Gasteiger partial charge on any atom is 0.239 e. The van der Waals surface area contributed by atoms with Crippen LogP contribution in [0.5, 0.6) is 0 Å². The summed E-state index contributed by atoms with van der Waals surface area (Å²) in [5.41, 5.74) is 2.19. The summed E-state index contributed by atoms with van der Waals surface area (Å²) in [6.07, 6.45) is 0.951. The fraction of sp³-hybridized carbons (Fsp3) is 0.385. The number of aromatic nitrogens is 1. The molecule has 0 aliphatic rings. The van der Waals surface area contributed by atoms with E-state index in [9.17, 15) is 4.79 Å². The Balaban J connectivity index is 1.97. The number of rotatable bonds is 5.